The van der Waals surface area contributed by atoms with Crippen LogP contribution < -0.4 is 10.6 Å². The monoisotopic (exact) mass is 807 g/mol. The summed E-state index contributed by atoms with van der Waals surface area (Å²) in [6.45, 7) is 14.4. The van der Waals surface area contributed by atoms with Crippen molar-refractivity contribution in [3.63, 3.8) is 0 Å². The highest BCUT2D eigenvalue weighted by Crippen LogP contribution is 2.42. The Morgan fingerprint density at radius 2 is 1.26 bits per heavy atom. The summed E-state index contributed by atoms with van der Waals surface area (Å²) in [6.07, 6.45) is 6.16. The predicted molar refractivity (Wildman–Crippen MR) is 223 cm³/mol. The van der Waals surface area contributed by atoms with Gasteiger partial charge in [-0.1, -0.05) is 64.1 Å². The van der Waals surface area contributed by atoms with Gasteiger partial charge in [-0.3, -0.25) is 14.4 Å². The molecular weight excluding hydrogens is 755 g/mol. The van der Waals surface area contributed by atoms with Gasteiger partial charge in [0, 0.05) is 31.1 Å². The van der Waals surface area contributed by atoms with Gasteiger partial charge in [0.15, 0.2) is 0 Å². The minimum absolute atomic E-state index is 0.0509. The zero-order valence-corrected chi connectivity index (χ0v) is 35.3. The number of hydrogen-bond acceptors (Lipinski definition) is 9. The Morgan fingerprint density at radius 1 is 0.741 bits per heavy atom. The largest absolute Gasteiger partial charge is 0.453 e. The van der Waals surface area contributed by atoms with Gasteiger partial charge in [-0.05, 0) is 62.5 Å². The van der Waals surface area contributed by atoms with Gasteiger partial charge in [0.25, 0.3) is 0 Å². The lowest BCUT2D eigenvalue weighted by Crippen LogP contribution is -2.55. The van der Waals surface area contributed by atoms with Gasteiger partial charge in [-0.2, -0.15) is 0 Å². The van der Waals surface area contributed by atoms with Gasteiger partial charge in [0.2, 0.25) is 17.7 Å². The van der Waals surface area contributed by atoms with Crippen molar-refractivity contribution < 1.29 is 23.9 Å². The van der Waals surface area contributed by atoms with Crippen molar-refractivity contribution in [2.45, 2.75) is 97.3 Å². The van der Waals surface area contributed by atoms with Crippen LogP contribution in [0.25, 0.3) is 43.9 Å². The van der Waals surface area contributed by atoms with Crippen LogP contribution in [0.5, 0.6) is 0 Å². The minimum Gasteiger partial charge on any atom is -0.453 e. The maximum atomic E-state index is 13.9. The number of alkyl carbamates (subject to hydrolysis) is 1. The summed E-state index contributed by atoms with van der Waals surface area (Å²) in [5, 5.41) is 5.57. The summed E-state index contributed by atoms with van der Waals surface area (Å²) >= 11 is 1.56. The number of carbonyl (C=O) groups is 4. The number of carbonyl (C=O) groups excluding carboxylic acids is 4. The summed E-state index contributed by atoms with van der Waals surface area (Å²) < 4.78 is 5.82. The quantitative estimate of drug-likeness (QED) is 0.111. The van der Waals surface area contributed by atoms with Crippen LogP contribution in [0.4, 0.5) is 4.79 Å². The Balaban J connectivity index is 1.11. The molecule has 14 nitrogen and oxygen atoms in total. The second-order valence-electron chi connectivity index (χ2n) is 16.6. The number of H-pyrrole nitrogens is 2. The van der Waals surface area contributed by atoms with E-state index >= 15 is 0 Å². The zero-order valence-electron chi connectivity index (χ0n) is 34.4. The smallest absolute Gasteiger partial charge is 0.407 e. The number of imidazole rings is 2. The maximum Gasteiger partial charge on any atom is 0.407 e. The van der Waals surface area contributed by atoms with E-state index in [0.717, 1.165) is 75.4 Å². The molecule has 2 aliphatic rings. The molecule has 7 rings (SSSR count). The van der Waals surface area contributed by atoms with E-state index in [1.54, 1.807) is 11.3 Å². The predicted octanol–water partition coefficient (Wildman–Crippen LogP) is 6.96. The van der Waals surface area contributed by atoms with E-state index in [1.807, 2.05) is 69.2 Å². The van der Waals surface area contributed by atoms with Crippen LogP contribution in [-0.2, 0) is 30.2 Å². The van der Waals surface area contributed by atoms with Crippen molar-refractivity contribution in [3.8, 4) is 33.6 Å². The van der Waals surface area contributed by atoms with E-state index in [1.165, 1.54) is 14.0 Å². The number of hydrogen-bond donors (Lipinski definition) is 4. The van der Waals surface area contributed by atoms with E-state index in [9.17, 15) is 19.2 Å². The topological polar surface area (TPSA) is 178 Å². The Bertz CT molecular complexity index is 2330. The summed E-state index contributed by atoms with van der Waals surface area (Å²) in [4.78, 5) is 76.8. The van der Waals surface area contributed by atoms with E-state index in [4.69, 9.17) is 19.7 Å². The van der Waals surface area contributed by atoms with Crippen molar-refractivity contribution in [1.29, 1.82) is 0 Å². The molecule has 0 bridgehead atoms. The zero-order chi connectivity index (χ0) is 41.5. The van der Waals surface area contributed by atoms with Crippen molar-refractivity contribution in [2.75, 3.05) is 20.2 Å². The van der Waals surface area contributed by atoms with E-state index in [0.29, 0.717) is 18.9 Å². The fraction of sp³-hybridized carbons (Fsp3) is 0.465. The number of aromatic amines is 2. The molecule has 0 radical (unpaired) electrons. The fourth-order valence-corrected chi connectivity index (χ4v) is 9.43. The third kappa shape index (κ3) is 7.36. The highest BCUT2D eigenvalue weighted by atomic mass is 32.1. The first-order valence-corrected chi connectivity index (χ1v) is 20.9. The van der Waals surface area contributed by atoms with E-state index in [-0.39, 0.29) is 29.6 Å². The average molecular weight is 808 g/mol. The molecule has 2 fully saturated rings. The maximum absolute atomic E-state index is 13.9. The molecule has 5 aromatic rings. The molecule has 0 unspecified atom stereocenters. The molecule has 2 aliphatic heterocycles. The molecule has 0 spiro atoms. The number of likely N-dealkylation sites (tertiary alicyclic amines) is 2. The van der Waals surface area contributed by atoms with Crippen LogP contribution in [0.2, 0.25) is 0 Å². The van der Waals surface area contributed by atoms with Gasteiger partial charge in [0.1, 0.15) is 23.7 Å². The Morgan fingerprint density at radius 3 is 1.81 bits per heavy atom. The first kappa shape index (κ1) is 40.6. The molecule has 0 saturated carbocycles. The number of nitrogens with one attached hydrogen (secondary N) is 4. The molecule has 0 aliphatic carbocycles. The molecule has 4 atom stereocenters. The van der Waals surface area contributed by atoms with Crippen LogP contribution in [0.3, 0.4) is 0 Å². The standard InChI is InChI=1S/C43H53N9O5S/c1-24(2)33(47-26(5)53)37(54)51-19-9-17-42(51,6)39-44-21-31(48-39)28-13-11-27(12-14-28)29-15-16-30(36-35(29)46-23-58-36)32-22-45-40(49-32)43(7)18-10-20-52(43)38(55)34(25(3)4)50-41(56)57-8/h11-16,21-25,33-34H,9-10,17-20H2,1-8H3,(H,44,48)(H,45,49)(H,47,53)(H,50,56)/t33-,34-,42-,43-/m0/s1. The van der Waals surface area contributed by atoms with Crippen molar-refractivity contribution in [2.24, 2.45) is 11.8 Å². The van der Waals surface area contributed by atoms with Gasteiger partial charge in [0.05, 0.1) is 57.7 Å². The van der Waals surface area contributed by atoms with Crippen molar-refractivity contribution >= 4 is 45.4 Å². The van der Waals surface area contributed by atoms with Crippen LogP contribution >= 0.6 is 11.3 Å². The van der Waals surface area contributed by atoms with Gasteiger partial charge in [-0.25, -0.2) is 19.7 Å². The first-order chi connectivity index (χ1) is 27.7. The first-order valence-electron chi connectivity index (χ1n) is 20.0. The molecule has 3 aromatic heterocycles. The summed E-state index contributed by atoms with van der Waals surface area (Å²) in [7, 11) is 1.29. The third-order valence-corrected chi connectivity index (χ3v) is 12.8. The minimum atomic E-state index is -0.723. The highest BCUT2D eigenvalue weighted by molar-refractivity contribution is 7.17. The summed E-state index contributed by atoms with van der Waals surface area (Å²) in [5.41, 5.74) is 7.06. The van der Waals surface area contributed by atoms with Crippen molar-refractivity contribution in [3.05, 3.63) is 66.0 Å². The third-order valence-electron chi connectivity index (χ3n) is 11.9. The normalized spacial score (nSPS) is 20.5. The summed E-state index contributed by atoms with van der Waals surface area (Å²) in [6, 6.07) is 11.1. The molecule has 5 heterocycles. The second kappa shape index (κ2) is 16.0. The number of nitrogens with zero attached hydrogens (tertiary/aromatic N) is 5. The van der Waals surface area contributed by atoms with Gasteiger partial charge >= 0.3 is 6.09 Å². The van der Waals surface area contributed by atoms with Crippen LogP contribution in [0, 0.1) is 11.8 Å². The van der Waals surface area contributed by atoms with Gasteiger partial charge in [-0.15, -0.1) is 11.3 Å². The second-order valence-corrected chi connectivity index (χ2v) is 17.4. The Kier molecular flexibility index (Phi) is 11.2. The van der Waals surface area contributed by atoms with E-state index in [2.05, 4.69) is 57.0 Å². The Labute approximate surface area is 342 Å². The number of methoxy groups -OCH3 is 1. The number of ether oxygens (including phenoxy) is 1. The number of thiazole rings is 1. The molecular formula is C43H53N9O5S. The summed E-state index contributed by atoms with van der Waals surface area (Å²) in [5.74, 6) is 0.763. The fourth-order valence-electron chi connectivity index (χ4n) is 8.59. The molecule has 4 amide bonds. The van der Waals surface area contributed by atoms with Crippen molar-refractivity contribution in [1.82, 2.24) is 45.4 Å². The van der Waals surface area contributed by atoms with Gasteiger partial charge < -0.3 is 35.1 Å². The lowest BCUT2D eigenvalue weighted by Gasteiger charge is -2.37. The number of fused-ring (bicyclic) bond motifs is 1. The highest BCUT2D eigenvalue weighted by Gasteiger charge is 2.47. The molecule has 4 N–H and O–H groups in total. The number of aromatic nitrogens is 5. The molecule has 2 saturated heterocycles. The molecule has 2 aromatic carbocycles. The van der Waals surface area contributed by atoms with E-state index < -0.39 is 29.3 Å². The van der Waals surface area contributed by atoms with Crippen LogP contribution in [0.1, 0.15) is 85.8 Å². The Hall–Kier alpha value is -5.57. The number of benzene rings is 2. The molecule has 306 valence electrons. The SMILES string of the molecule is COC(=O)N[C@H](C(=O)N1CCC[C@@]1(C)c1ncc(-c2ccc(-c3ccc(-c4cnc([C@]5(C)CCCN5C(=O)[C@@H](NC(C)=O)C(C)C)[nH]4)cc3)c3ncsc23)[nH]1)C(C)C. The lowest BCUT2D eigenvalue weighted by atomic mass is 9.95. The average Bonchev–Trinajstić information content (AvgIpc) is 4.05. The van der Waals surface area contributed by atoms with Crippen LogP contribution in [-0.4, -0.2) is 90.8 Å². The molecule has 58 heavy (non-hydrogen) atoms. The van der Waals surface area contributed by atoms with Crippen LogP contribution in [0.15, 0.2) is 54.3 Å². The molecule has 15 heteroatoms. The number of amides is 4. The number of rotatable bonds is 11. The lowest BCUT2D eigenvalue weighted by molar-refractivity contribution is -0.141.